The molecule has 0 saturated heterocycles. The second kappa shape index (κ2) is 4.52. The zero-order valence-electron chi connectivity index (χ0n) is 10.1. The van der Waals surface area contributed by atoms with E-state index in [-0.39, 0.29) is 11.9 Å². The molecule has 2 heterocycles. The van der Waals surface area contributed by atoms with Gasteiger partial charge in [-0.05, 0) is 13.0 Å². The topological polar surface area (TPSA) is 96.7 Å². The fourth-order valence-electron chi connectivity index (χ4n) is 1.85. The first kappa shape index (κ1) is 11.4. The van der Waals surface area contributed by atoms with Gasteiger partial charge in [0, 0.05) is 5.39 Å². The van der Waals surface area contributed by atoms with Crippen molar-refractivity contribution in [2.45, 2.75) is 13.0 Å². The molecule has 0 radical (unpaired) electrons. The SMILES string of the molecule is CC(NC(=O)c1coc2ccccc12)c1nn[nH]n1. The van der Waals surface area contributed by atoms with Crippen LogP contribution in [0.15, 0.2) is 34.9 Å². The summed E-state index contributed by atoms with van der Waals surface area (Å²) in [6.07, 6.45) is 1.45. The van der Waals surface area contributed by atoms with Gasteiger partial charge in [-0.25, -0.2) is 0 Å². The van der Waals surface area contributed by atoms with Crippen LogP contribution in [0, 0.1) is 0 Å². The van der Waals surface area contributed by atoms with Gasteiger partial charge in [-0.1, -0.05) is 23.4 Å². The average molecular weight is 257 g/mol. The van der Waals surface area contributed by atoms with Crippen molar-refractivity contribution in [1.82, 2.24) is 25.9 Å². The number of para-hydroxylation sites is 1. The molecule has 2 aromatic heterocycles. The van der Waals surface area contributed by atoms with E-state index in [9.17, 15) is 4.79 Å². The van der Waals surface area contributed by atoms with E-state index in [1.54, 1.807) is 6.92 Å². The molecule has 7 heteroatoms. The number of aromatic amines is 1. The van der Waals surface area contributed by atoms with Gasteiger partial charge in [-0.2, -0.15) is 5.21 Å². The number of furan rings is 1. The lowest BCUT2D eigenvalue weighted by molar-refractivity contribution is 0.0939. The number of carbonyl (C=O) groups is 1. The van der Waals surface area contributed by atoms with Gasteiger partial charge < -0.3 is 9.73 Å². The molecule has 1 atom stereocenters. The van der Waals surface area contributed by atoms with E-state index in [4.69, 9.17) is 4.42 Å². The Labute approximate surface area is 108 Å². The lowest BCUT2D eigenvalue weighted by Gasteiger charge is -2.08. The number of hydrogen-bond donors (Lipinski definition) is 2. The summed E-state index contributed by atoms with van der Waals surface area (Å²) in [4.78, 5) is 12.2. The van der Waals surface area contributed by atoms with Crippen LogP contribution in [0.2, 0.25) is 0 Å². The van der Waals surface area contributed by atoms with Gasteiger partial charge >= 0.3 is 0 Å². The molecule has 0 saturated carbocycles. The van der Waals surface area contributed by atoms with Crippen LogP contribution in [0.3, 0.4) is 0 Å². The Morgan fingerprint density at radius 1 is 1.42 bits per heavy atom. The lowest BCUT2D eigenvalue weighted by Crippen LogP contribution is -2.27. The minimum atomic E-state index is -0.333. The zero-order valence-corrected chi connectivity index (χ0v) is 10.1. The Morgan fingerprint density at radius 2 is 2.26 bits per heavy atom. The van der Waals surface area contributed by atoms with Crippen LogP contribution in [0.1, 0.15) is 29.1 Å². The molecule has 3 rings (SSSR count). The number of rotatable bonds is 3. The van der Waals surface area contributed by atoms with Crippen molar-refractivity contribution in [3.8, 4) is 0 Å². The second-order valence-electron chi connectivity index (χ2n) is 4.11. The summed E-state index contributed by atoms with van der Waals surface area (Å²) in [5, 5.41) is 17.0. The molecule has 0 aliphatic heterocycles. The maximum atomic E-state index is 12.2. The van der Waals surface area contributed by atoms with E-state index in [1.807, 2.05) is 24.3 Å². The van der Waals surface area contributed by atoms with Crippen LogP contribution in [0.5, 0.6) is 0 Å². The van der Waals surface area contributed by atoms with Crippen LogP contribution in [0.4, 0.5) is 0 Å². The molecule has 0 bridgehead atoms. The molecule has 19 heavy (non-hydrogen) atoms. The molecule has 0 fully saturated rings. The van der Waals surface area contributed by atoms with E-state index < -0.39 is 0 Å². The number of nitrogens with zero attached hydrogens (tertiary/aromatic N) is 3. The van der Waals surface area contributed by atoms with Gasteiger partial charge in [0.15, 0.2) is 5.82 Å². The lowest BCUT2D eigenvalue weighted by atomic mass is 10.1. The molecule has 7 nitrogen and oxygen atoms in total. The first-order valence-electron chi connectivity index (χ1n) is 5.76. The fraction of sp³-hybridized carbons (Fsp3) is 0.167. The number of nitrogens with one attached hydrogen (secondary N) is 2. The molecule has 1 amide bonds. The fourth-order valence-corrected chi connectivity index (χ4v) is 1.85. The molecule has 0 aliphatic carbocycles. The summed E-state index contributed by atoms with van der Waals surface area (Å²) in [5.41, 5.74) is 1.17. The Morgan fingerprint density at radius 3 is 3.05 bits per heavy atom. The Balaban J connectivity index is 1.84. The minimum absolute atomic E-state index is 0.234. The van der Waals surface area contributed by atoms with Gasteiger partial charge in [0.25, 0.3) is 5.91 Å². The number of tetrazole rings is 1. The number of benzene rings is 1. The van der Waals surface area contributed by atoms with Gasteiger partial charge in [0.05, 0.1) is 11.6 Å². The molecule has 1 aromatic carbocycles. The summed E-state index contributed by atoms with van der Waals surface area (Å²) < 4.78 is 5.33. The van der Waals surface area contributed by atoms with Crippen molar-refractivity contribution in [3.05, 3.63) is 41.9 Å². The second-order valence-corrected chi connectivity index (χ2v) is 4.11. The first-order chi connectivity index (χ1) is 9.25. The first-order valence-corrected chi connectivity index (χ1v) is 5.76. The summed E-state index contributed by atoms with van der Waals surface area (Å²) >= 11 is 0. The third-order valence-electron chi connectivity index (χ3n) is 2.82. The molecule has 3 aromatic rings. The van der Waals surface area contributed by atoms with E-state index in [0.29, 0.717) is 17.0 Å². The van der Waals surface area contributed by atoms with E-state index >= 15 is 0 Å². The molecule has 2 N–H and O–H groups in total. The van der Waals surface area contributed by atoms with Crippen molar-refractivity contribution in [3.63, 3.8) is 0 Å². The van der Waals surface area contributed by atoms with Crippen LogP contribution in [-0.2, 0) is 0 Å². The van der Waals surface area contributed by atoms with Crippen LogP contribution in [-0.4, -0.2) is 26.5 Å². The molecule has 1 unspecified atom stereocenters. The predicted octanol–water partition coefficient (Wildman–Crippen LogP) is 1.44. The van der Waals surface area contributed by atoms with Crippen molar-refractivity contribution in [2.75, 3.05) is 0 Å². The smallest absolute Gasteiger partial charge is 0.255 e. The van der Waals surface area contributed by atoms with Crippen molar-refractivity contribution in [2.24, 2.45) is 0 Å². The molecule has 0 aliphatic rings. The highest BCUT2D eigenvalue weighted by Crippen LogP contribution is 2.21. The van der Waals surface area contributed by atoms with Gasteiger partial charge in [-0.3, -0.25) is 4.79 Å². The van der Waals surface area contributed by atoms with Gasteiger partial charge in [0.1, 0.15) is 11.8 Å². The summed E-state index contributed by atoms with van der Waals surface area (Å²) in [6.45, 7) is 1.78. The molecular weight excluding hydrogens is 246 g/mol. The number of carbonyl (C=O) groups excluding carboxylic acids is 1. The zero-order chi connectivity index (χ0) is 13.2. The van der Waals surface area contributed by atoms with Gasteiger partial charge in [-0.15, -0.1) is 10.2 Å². The van der Waals surface area contributed by atoms with Crippen LogP contribution < -0.4 is 5.32 Å². The summed E-state index contributed by atoms with van der Waals surface area (Å²) in [7, 11) is 0. The molecule has 96 valence electrons. The van der Waals surface area contributed by atoms with E-state index in [2.05, 4.69) is 25.9 Å². The van der Waals surface area contributed by atoms with Crippen molar-refractivity contribution < 1.29 is 9.21 Å². The number of hydrogen-bond acceptors (Lipinski definition) is 5. The normalized spacial score (nSPS) is 12.5. The maximum Gasteiger partial charge on any atom is 0.255 e. The quantitative estimate of drug-likeness (QED) is 0.740. The predicted molar refractivity (Wildman–Crippen MR) is 66.3 cm³/mol. The third-order valence-corrected chi connectivity index (χ3v) is 2.82. The number of H-pyrrole nitrogens is 1. The monoisotopic (exact) mass is 257 g/mol. The van der Waals surface area contributed by atoms with Crippen LogP contribution >= 0.6 is 0 Å². The highest BCUT2D eigenvalue weighted by atomic mass is 16.3. The highest BCUT2D eigenvalue weighted by Gasteiger charge is 2.18. The van der Waals surface area contributed by atoms with Crippen molar-refractivity contribution >= 4 is 16.9 Å². The number of amides is 1. The largest absolute Gasteiger partial charge is 0.463 e. The standard InChI is InChI=1S/C12H11N5O2/c1-7(11-14-16-17-15-11)13-12(18)9-6-19-10-5-3-2-4-8(9)10/h2-7H,1H3,(H,13,18)(H,14,15,16,17). The van der Waals surface area contributed by atoms with Gasteiger partial charge in [0.2, 0.25) is 0 Å². The van der Waals surface area contributed by atoms with E-state index in [0.717, 1.165) is 5.39 Å². The van der Waals surface area contributed by atoms with Crippen molar-refractivity contribution in [1.29, 1.82) is 0 Å². The molecular formula is C12H11N5O2. The third kappa shape index (κ3) is 2.05. The maximum absolute atomic E-state index is 12.2. The Bertz CT molecular complexity index is 704. The van der Waals surface area contributed by atoms with Crippen LogP contribution in [0.25, 0.3) is 11.0 Å². The summed E-state index contributed by atoms with van der Waals surface area (Å²) in [5.74, 6) is 0.198. The Kier molecular flexibility index (Phi) is 2.71. The summed E-state index contributed by atoms with van der Waals surface area (Å²) in [6, 6.07) is 7.04. The number of aromatic nitrogens is 4. The average Bonchev–Trinajstić information content (AvgIpc) is 3.08. The molecule has 0 spiro atoms. The Hall–Kier alpha value is -2.70. The minimum Gasteiger partial charge on any atom is -0.463 e. The number of fused-ring (bicyclic) bond motifs is 1. The highest BCUT2D eigenvalue weighted by molar-refractivity contribution is 6.05. The van der Waals surface area contributed by atoms with E-state index in [1.165, 1.54) is 6.26 Å².